The predicted octanol–water partition coefficient (Wildman–Crippen LogP) is 3.68. The molecule has 1 aliphatic heterocycles. The fraction of sp³-hybridized carbons (Fsp3) is 0.706. The standard InChI is InChI=1S/C17H24N2OS/c1-16(7-3-2-4-8-16)12-19-14(13-6-5-11-21-13)18-17(9-10-17)15(19)20/h5-6,11,14,18H,2-4,7-10,12H2,1H3. The van der Waals surface area contributed by atoms with Crippen molar-refractivity contribution in [2.24, 2.45) is 5.41 Å². The number of nitrogens with one attached hydrogen (secondary N) is 1. The molecule has 3 nitrogen and oxygen atoms in total. The molecule has 114 valence electrons. The van der Waals surface area contributed by atoms with Crippen LogP contribution in [0.5, 0.6) is 0 Å². The number of carbonyl (C=O) groups excluding carboxylic acids is 1. The van der Waals surface area contributed by atoms with Gasteiger partial charge in [-0.1, -0.05) is 32.3 Å². The molecule has 3 fully saturated rings. The summed E-state index contributed by atoms with van der Waals surface area (Å²) in [6.45, 7) is 3.30. The average molecular weight is 304 g/mol. The van der Waals surface area contributed by atoms with Gasteiger partial charge in [-0.25, -0.2) is 0 Å². The first kappa shape index (κ1) is 13.8. The van der Waals surface area contributed by atoms with Gasteiger partial charge < -0.3 is 4.90 Å². The summed E-state index contributed by atoms with van der Waals surface area (Å²) < 4.78 is 0. The minimum atomic E-state index is -0.209. The van der Waals surface area contributed by atoms with Crippen molar-refractivity contribution in [3.8, 4) is 0 Å². The zero-order valence-electron chi connectivity index (χ0n) is 12.7. The molecule has 1 spiro atoms. The Labute approximate surface area is 130 Å². The van der Waals surface area contributed by atoms with Gasteiger partial charge in [-0.05, 0) is 42.5 Å². The van der Waals surface area contributed by atoms with E-state index in [1.807, 2.05) is 0 Å². The van der Waals surface area contributed by atoms with E-state index in [2.05, 4.69) is 34.7 Å². The van der Waals surface area contributed by atoms with Crippen molar-refractivity contribution in [3.05, 3.63) is 22.4 Å². The highest BCUT2D eigenvalue weighted by Crippen LogP contribution is 2.48. The Kier molecular flexibility index (Phi) is 3.16. The monoisotopic (exact) mass is 304 g/mol. The van der Waals surface area contributed by atoms with Crippen LogP contribution in [0, 0.1) is 5.41 Å². The van der Waals surface area contributed by atoms with Gasteiger partial charge in [0.15, 0.2) is 0 Å². The second-order valence-electron chi connectivity index (χ2n) is 7.45. The normalized spacial score (nSPS) is 30.0. The van der Waals surface area contributed by atoms with Crippen LogP contribution in [-0.4, -0.2) is 22.9 Å². The maximum atomic E-state index is 12.9. The highest BCUT2D eigenvalue weighted by Gasteiger charge is 2.60. The zero-order chi connectivity index (χ0) is 14.5. The largest absolute Gasteiger partial charge is 0.320 e. The molecule has 1 atom stereocenters. The van der Waals surface area contributed by atoms with E-state index < -0.39 is 0 Å². The molecule has 4 heteroatoms. The lowest BCUT2D eigenvalue weighted by atomic mass is 9.75. The fourth-order valence-corrected chi connectivity index (χ4v) is 4.87. The van der Waals surface area contributed by atoms with Crippen molar-refractivity contribution >= 4 is 17.2 Å². The Morgan fingerprint density at radius 2 is 2.05 bits per heavy atom. The summed E-state index contributed by atoms with van der Waals surface area (Å²) in [4.78, 5) is 16.3. The van der Waals surface area contributed by atoms with Gasteiger partial charge in [0.25, 0.3) is 0 Å². The summed E-state index contributed by atoms with van der Waals surface area (Å²) >= 11 is 1.76. The van der Waals surface area contributed by atoms with Crippen LogP contribution in [0.25, 0.3) is 0 Å². The van der Waals surface area contributed by atoms with Crippen LogP contribution in [0.15, 0.2) is 17.5 Å². The molecule has 3 aliphatic rings. The van der Waals surface area contributed by atoms with E-state index in [9.17, 15) is 4.79 Å². The number of rotatable bonds is 3. The van der Waals surface area contributed by atoms with Crippen LogP contribution in [0.1, 0.15) is 62.9 Å². The van der Waals surface area contributed by atoms with Crippen LogP contribution >= 0.6 is 11.3 Å². The Bertz CT molecular complexity index is 529. The Morgan fingerprint density at radius 1 is 1.29 bits per heavy atom. The molecule has 1 amide bonds. The minimum absolute atomic E-state index is 0.110. The Hall–Kier alpha value is -0.870. The Morgan fingerprint density at radius 3 is 2.67 bits per heavy atom. The first-order chi connectivity index (χ1) is 10.1. The summed E-state index contributed by atoms with van der Waals surface area (Å²) in [5.41, 5.74) is 0.102. The van der Waals surface area contributed by atoms with E-state index in [1.54, 1.807) is 11.3 Å². The molecule has 4 rings (SSSR count). The van der Waals surface area contributed by atoms with Gasteiger partial charge in [0, 0.05) is 11.4 Å². The predicted molar refractivity (Wildman–Crippen MR) is 85.1 cm³/mol. The first-order valence-corrected chi connectivity index (χ1v) is 9.12. The Balaban J connectivity index is 1.59. The molecule has 0 aromatic carbocycles. The highest BCUT2D eigenvalue weighted by atomic mass is 32.1. The van der Waals surface area contributed by atoms with E-state index in [-0.39, 0.29) is 11.7 Å². The lowest BCUT2D eigenvalue weighted by Crippen LogP contribution is -2.41. The highest BCUT2D eigenvalue weighted by molar-refractivity contribution is 7.10. The number of nitrogens with zero attached hydrogens (tertiary/aromatic N) is 1. The summed E-state index contributed by atoms with van der Waals surface area (Å²) in [6, 6.07) is 4.25. The van der Waals surface area contributed by atoms with Gasteiger partial charge in [0.2, 0.25) is 5.91 Å². The number of hydrogen-bond acceptors (Lipinski definition) is 3. The zero-order valence-corrected chi connectivity index (χ0v) is 13.5. The molecule has 1 N–H and O–H groups in total. The van der Waals surface area contributed by atoms with Gasteiger partial charge in [-0.2, -0.15) is 0 Å². The average Bonchev–Trinajstić information content (AvgIpc) is 2.96. The summed E-state index contributed by atoms with van der Waals surface area (Å²) in [7, 11) is 0. The topological polar surface area (TPSA) is 32.3 Å². The molecule has 1 unspecified atom stereocenters. The molecule has 21 heavy (non-hydrogen) atoms. The molecule has 1 aromatic heterocycles. The molecular weight excluding hydrogens is 280 g/mol. The van der Waals surface area contributed by atoms with Gasteiger partial charge in [-0.15, -0.1) is 11.3 Å². The number of carbonyl (C=O) groups is 1. The van der Waals surface area contributed by atoms with Crippen LogP contribution in [-0.2, 0) is 4.79 Å². The molecule has 1 aromatic rings. The van der Waals surface area contributed by atoms with Crippen molar-refractivity contribution in [2.75, 3.05) is 6.54 Å². The summed E-state index contributed by atoms with van der Waals surface area (Å²) in [5, 5.41) is 5.75. The van der Waals surface area contributed by atoms with Gasteiger partial charge in [-0.3, -0.25) is 10.1 Å². The van der Waals surface area contributed by atoms with E-state index >= 15 is 0 Å². The van der Waals surface area contributed by atoms with Crippen molar-refractivity contribution in [3.63, 3.8) is 0 Å². The minimum Gasteiger partial charge on any atom is -0.320 e. The molecule has 0 bridgehead atoms. The lowest BCUT2D eigenvalue weighted by Gasteiger charge is -2.38. The third-order valence-electron chi connectivity index (χ3n) is 5.57. The van der Waals surface area contributed by atoms with Gasteiger partial charge >= 0.3 is 0 Å². The molecule has 2 aliphatic carbocycles. The number of hydrogen-bond donors (Lipinski definition) is 1. The van der Waals surface area contributed by atoms with Gasteiger partial charge in [0.1, 0.15) is 11.7 Å². The quantitative estimate of drug-likeness (QED) is 0.924. The van der Waals surface area contributed by atoms with E-state index in [0.717, 1.165) is 19.4 Å². The second-order valence-corrected chi connectivity index (χ2v) is 8.43. The molecule has 1 saturated heterocycles. The molecule has 2 saturated carbocycles. The van der Waals surface area contributed by atoms with E-state index in [1.165, 1.54) is 37.0 Å². The number of thiophene rings is 1. The lowest BCUT2D eigenvalue weighted by molar-refractivity contribution is -0.132. The van der Waals surface area contributed by atoms with E-state index in [0.29, 0.717) is 11.3 Å². The van der Waals surface area contributed by atoms with E-state index in [4.69, 9.17) is 0 Å². The smallest absolute Gasteiger partial charge is 0.244 e. The van der Waals surface area contributed by atoms with Crippen LogP contribution in [0.2, 0.25) is 0 Å². The molecule has 2 heterocycles. The van der Waals surface area contributed by atoms with Gasteiger partial charge in [0.05, 0.1) is 0 Å². The summed E-state index contributed by atoms with van der Waals surface area (Å²) in [6.07, 6.45) is 8.67. The number of amides is 1. The van der Waals surface area contributed by atoms with Crippen molar-refractivity contribution < 1.29 is 4.79 Å². The SMILES string of the molecule is CC1(CN2C(=O)C3(CC3)NC2c2cccs2)CCCCC1. The van der Waals surface area contributed by atoms with Crippen molar-refractivity contribution in [1.29, 1.82) is 0 Å². The van der Waals surface area contributed by atoms with Crippen LogP contribution in [0.4, 0.5) is 0 Å². The first-order valence-electron chi connectivity index (χ1n) is 8.24. The third kappa shape index (κ3) is 2.33. The third-order valence-corrected chi connectivity index (χ3v) is 6.50. The van der Waals surface area contributed by atoms with Crippen molar-refractivity contribution in [2.45, 2.75) is 63.6 Å². The maximum Gasteiger partial charge on any atom is 0.244 e. The van der Waals surface area contributed by atoms with Crippen molar-refractivity contribution in [1.82, 2.24) is 10.2 Å². The van der Waals surface area contributed by atoms with Crippen LogP contribution in [0.3, 0.4) is 0 Å². The second kappa shape index (κ2) is 4.82. The molecular formula is C17H24N2OS. The maximum absolute atomic E-state index is 12.9. The summed E-state index contributed by atoms with van der Waals surface area (Å²) in [5.74, 6) is 0.354. The fourth-order valence-electron chi connectivity index (χ4n) is 4.09. The van der Waals surface area contributed by atoms with Crippen LogP contribution < -0.4 is 5.32 Å². The molecule has 0 radical (unpaired) electrons.